The van der Waals surface area contributed by atoms with Gasteiger partial charge in [-0.15, -0.1) is 0 Å². The maximum absolute atomic E-state index is 11.7. The molecule has 0 heterocycles. The third-order valence-electron chi connectivity index (χ3n) is 4.25. The van der Waals surface area contributed by atoms with E-state index in [0.717, 1.165) is 29.7 Å². The Labute approximate surface area is 120 Å². The van der Waals surface area contributed by atoms with E-state index in [0.29, 0.717) is 0 Å². The van der Waals surface area contributed by atoms with Crippen molar-refractivity contribution in [2.45, 2.75) is 33.6 Å². The van der Waals surface area contributed by atoms with E-state index in [1.165, 1.54) is 23.8 Å². The second-order valence-corrected chi connectivity index (χ2v) is 5.38. The number of benzene rings is 1. The lowest BCUT2D eigenvalue weighted by Crippen LogP contribution is -2.18. The molecule has 0 radical (unpaired) electrons. The van der Waals surface area contributed by atoms with Crippen LogP contribution in [0.4, 0.5) is 0 Å². The van der Waals surface area contributed by atoms with Gasteiger partial charge < -0.3 is 9.47 Å². The van der Waals surface area contributed by atoms with Crippen molar-refractivity contribution in [3.63, 3.8) is 0 Å². The average molecular weight is 274 g/mol. The van der Waals surface area contributed by atoms with E-state index in [2.05, 4.69) is 26.0 Å². The molecule has 1 aliphatic carbocycles. The third-order valence-corrected chi connectivity index (χ3v) is 4.25. The van der Waals surface area contributed by atoms with Gasteiger partial charge in [-0.25, -0.2) is 0 Å². The van der Waals surface area contributed by atoms with Crippen LogP contribution in [0.5, 0.6) is 5.75 Å². The summed E-state index contributed by atoms with van der Waals surface area (Å²) in [5.41, 5.74) is 6.11. The molecule has 3 heteroatoms. The number of hydrogen-bond acceptors (Lipinski definition) is 3. The maximum Gasteiger partial charge on any atom is 0.312 e. The van der Waals surface area contributed by atoms with Crippen molar-refractivity contribution >= 4 is 12.0 Å². The molecule has 0 fully saturated rings. The largest absolute Gasteiger partial charge is 0.496 e. The molecule has 1 aliphatic rings. The summed E-state index contributed by atoms with van der Waals surface area (Å²) in [6.45, 7) is 6.09. The number of rotatable bonds is 3. The van der Waals surface area contributed by atoms with Gasteiger partial charge >= 0.3 is 5.97 Å². The Balaban J connectivity index is 2.49. The van der Waals surface area contributed by atoms with Crippen LogP contribution in [0, 0.1) is 19.8 Å². The summed E-state index contributed by atoms with van der Waals surface area (Å²) in [5, 5.41) is 0. The molecular formula is C17H22O3. The van der Waals surface area contributed by atoms with Gasteiger partial charge in [0.1, 0.15) is 5.75 Å². The predicted octanol–water partition coefficient (Wildman–Crippen LogP) is 3.45. The van der Waals surface area contributed by atoms with Gasteiger partial charge in [0.05, 0.1) is 20.1 Å². The molecule has 0 spiro atoms. The summed E-state index contributed by atoms with van der Waals surface area (Å²) in [7, 11) is 3.13. The highest BCUT2D eigenvalue weighted by atomic mass is 16.5. The van der Waals surface area contributed by atoms with Gasteiger partial charge in [0.2, 0.25) is 0 Å². The minimum absolute atomic E-state index is 0.169. The van der Waals surface area contributed by atoms with Gasteiger partial charge in [0, 0.05) is 0 Å². The van der Waals surface area contributed by atoms with E-state index in [9.17, 15) is 4.79 Å². The lowest BCUT2D eigenvalue weighted by atomic mass is 9.82. The van der Waals surface area contributed by atoms with Crippen molar-refractivity contribution in [1.29, 1.82) is 0 Å². The molecule has 1 atom stereocenters. The highest BCUT2D eigenvalue weighted by Crippen LogP contribution is 2.36. The summed E-state index contributed by atoms with van der Waals surface area (Å²) >= 11 is 0. The molecule has 108 valence electrons. The number of hydrogen-bond donors (Lipinski definition) is 0. The molecule has 0 N–H and O–H groups in total. The first-order valence-corrected chi connectivity index (χ1v) is 6.95. The van der Waals surface area contributed by atoms with Crippen molar-refractivity contribution in [2.75, 3.05) is 14.2 Å². The quantitative estimate of drug-likeness (QED) is 0.792. The SMILES string of the molecule is COC(=O)[C@H](C)C1=Cc2c(C)c(OC)cc(C)c2CC1. The zero-order chi connectivity index (χ0) is 14.9. The first-order valence-electron chi connectivity index (χ1n) is 6.95. The minimum atomic E-state index is -0.181. The molecule has 1 aromatic rings. The molecule has 0 amide bonds. The Morgan fingerprint density at radius 1 is 1.25 bits per heavy atom. The standard InChI is InChI=1S/C17H22O3/c1-10-8-16(19-4)12(3)15-9-13(6-7-14(10)15)11(2)17(18)20-5/h8-9,11H,6-7H2,1-5H3/t11-/m1/s1. The van der Waals surface area contributed by atoms with Crippen LogP contribution in [-0.4, -0.2) is 20.2 Å². The van der Waals surface area contributed by atoms with Crippen molar-refractivity contribution in [1.82, 2.24) is 0 Å². The normalized spacial score (nSPS) is 15.2. The number of aryl methyl sites for hydroxylation is 1. The number of carbonyl (C=O) groups is 1. The van der Waals surface area contributed by atoms with Crippen LogP contribution in [0.25, 0.3) is 6.08 Å². The second-order valence-electron chi connectivity index (χ2n) is 5.38. The van der Waals surface area contributed by atoms with Crippen LogP contribution < -0.4 is 4.74 Å². The fraction of sp³-hybridized carbons (Fsp3) is 0.471. The molecule has 0 saturated carbocycles. The number of methoxy groups -OCH3 is 2. The van der Waals surface area contributed by atoms with E-state index >= 15 is 0 Å². The Hall–Kier alpha value is -1.77. The fourth-order valence-corrected chi connectivity index (χ4v) is 2.90. The van der Waals surface area contributed by atoms with Gasteiger partial charge in [-0.3, -0.25) is 4.79 Å². The smallest absolute Gasteiger partial charge is 0.312 e. The predicted molar refractivity (Wildman–Crippen MR) is 79.9 cm³/mol. The topological polar surface area (TPSA) is 35.5 Å². The number of ether oxygens (including phenoxy) is 2. The number of fused-ring (bicyclic) bond motifs is 1. The third kappa shape index (κ3) is 2.45. The Bertz CT molecular complexity index is 570. The van der Waals surface area contributed by atoms with Gasteiger partial charge in [-0.1, -0.05) is 11.6 Å². The number of carbonyl (C=O) groups excluding carboxylic acids is 1. The van der Waals surface area contributed by atoms with Gasteiger partial charge in [0.15, 0.2) is 0 Å². The lowest BCUT2D eigenvalue weighted by molar-refractivity contribution is -0.143. The Morgan fingerprint density at radius 2 is 1.95 bits per heavy atom. The Kier molecular flexibility index (Phi) is 4.17. The summed E-state index contributed by atoms with van der Waals surface area (Å²) in [4.78, 5) is 11.7. The lowest BCUT2D eigenvalue weighted by Gasteiger charge is -2.24. The van der Waals surface area contributed by atoms with E-state index in [1.807, 2.05) is 6.92 Å². The molecule has 2 rings (SSSR count). The van der Waals surface area contributed by atoms with Crippen LogP contribution in [0.1, 0.15) is 35.6 Å². The molecule has 20 heavy (non-hydrogen) atoms. The molecule has 3 nitrogen and oxygen atoms in total. The van der Waals surface area contributed by atoms with Crippen LogP contribution in [0.2, 0.25) is 0 Å². The molecule has 1 aromatic carbocycles. The molecule has 0 saturated heterocycles. The summed E-state index contributed by atoms with van der Waals surface area (Å²) in [5.74, 6) is 0.556. The highest BCUT2D eigenvalue weighted by Gasteiger charge is 2.24. The van der Waals surface area contributed by atoms with Crippen LogP contribution >= 0.6 is 0 Å². The summed E-state index contributed by atoms with van der Waals surface area (Å²) in [6, 6.07) is 2.09. The molecule has 0 bridgehead atoms. The molecule has 0 aliphatic heterocycles. The monoisotopic (exact) mass is 274 g/mol. The maximum atomic E-state index is 11.7. The van der Waals surface area contributed by atoms with E-state index in [1.54, 1.807) is 7.11 Å². The van der Waals surface area contributed by atoms with Crippen LogP contribution in [0.3, 0.4) is 0 Å². The molecule has 0 aromatic heterocycles. The van der Waals surface area contributed by atoms with Crippen LogP contribution in [0.15, 0.2) is 11.6 Å². The van der Waals surface area contributed by atoms with Crippen LogP contribution in [-0.2, 0) is 16.0 Å². The fourth-order valence-electron chi connectivity index (χ4n) is 2.90. The highest BCUT2D eigenvalue weighted by molar-refractivity contribution is 5.79. The molecule has 0 unspecified atom stereocenters. The first kappa shape index (κ1) is 14.6. The van der Waals surface area contributed by atoms with Gasteiger partial charge in [-0.05, 0) is 61.9 Å². The van der Waals surface area contributed by atoms with Crippen molar-refractivity contribution in [3.05, 3.63) is 33.9 Å². The average Bonchev–Trinajstić information content (AvgIpc) is 2.48. The van der Waals surface area contributed by atoms with E-state index in [-0.39, 0.29) is 11.9 Å². The summed E-state index contributed by atoms with van der Waals surface area (Å²) < 4.78 is 10.3. The minimum Gasteiger partial charge on any atom is -0.496 e. The Morgan fingerprint density at radius 3 is 2.55 bits per heavy atom. The van der Waals surface area contributed by atoms with Crippen molar-refractivity contribution in [2.24, 2.45) is 5.92 Å². The van der Waals surface area contributed by atoms with E-state index in [4.69, 9.17) is 9.47 Å². The van der Waals surface area contributed by atoms with Gasteiger partial charge in [0.25, 0.3) is 0 Å². The zero-order valence-electron chi connectivity index (χ0n) is 12.9. The summed E-state index contributed by atoms with van der Waals surface area (Å²) in [6.07, 6.45) is 4.03. The van der Waals surface area contributed by atoms with E-state index < -0.39 is 0 Å². The second kappa shape index (κ2) is 5.70. The number of esters is 1. The van der Waals surface area contributed by atoms with Crippen molar-refractivity contribution in [3.8, 4) is 5.75 Å². The zero-order valence-corrected chi connectivity index (χ0v) is 12.9. The van der Waals surface area contributed by atoms with Crippen molar-refractivity contribution < 1.29 is 14.3 Å². The van der Waals surface area contributed by atoms with Gasteiger partial charge in [-0.2, -0.15) is 0 Å². The first-order chi connectivity index (χ1) is 9.49. The molecular weight excluding hydrogens is 252 g/mol.